The van der Waals surface area contributed by atoms with Gasteiger partial charge in [0.05, 0.1) is 11.0 Å². The van der Waals surface area contributed by atoms with E-state index in [4.69, 9.17) is 0 Å². The lowest BCUT2D eigenvalue weighted by atomic mass is 9.67. The van der Waals surface area contributed by atoms with Crippen LogP contribution in [0.3, 0.4) is 0 Å². The van der Waals surface area contributed by atoms with E-state index in [9.17, 15) is 24.5 Å². The molecule has 2 unspecified atom stereocenters. The van der Waals surface area contributed by atoms with Gasteiger partial charge in [-0.25, -0.2) is 4.79 Å². The average molecular weight is 504 g/mol. The third-order valence-corrected chi connectivity index (χ3v) is 7.52. The summed E-state index contributed by atoms with van der Waals surface area (Å²) in [7, 11) is 0. The molecule has 3 aliphatic heterocycles. The monoisotopic (exact) mass is 503 g/mol. The first kappa shape index (κ1) is 24.6. The number of barbiturate groups is 1. The summed E-state index contributed by atoms with van der Waals surface area (Å²) in [6.45, 7) is 5.72. The molecule has 2 saturated heterocycles. The van der Waals surface area contributed by atoms with Crippen molar-refractivity contribution >= 4 is 35.3 Å². The van der Waals surface area contributed by atoms with Crippen LogP contribution in [0.25, 0.3) is 6.08 Å². The number of carbonyl (C=O) groups is 3. The minimum Gasteiger partial charge on any atom is -0.364 e. The van der Waals surface area contributed by atoms with Gasteiger partial charge in [-0.3, -0.25) is 34.8 Å². The number of anilines is 1. The standard InChI is InChI=1S/C27H29N5O5/c1-18(2)31-25(34)27(24(33)28-26(31)35)16-20-15-21(32(36)37)10-11-22(20)30-14-13-29(17-23(27)30)12-6-9-19-7-4-3-5-8-19/h3-11,15,18,23H,12-14,16-17H2,1-2H3,(H,28,33,35). The lowest BCUT2D eigenvalue weighted by Crippen LogP contribution is -2.75. The number of piperazine rings is 1. The van der Waals surface area contributed by atoms with Gasteiger partial charge in [0.15, 0.2) is 5.41 Å². The summed E-state index contributed by atoms with van der Waals surface area (Å²) in [4.78, 5) is 56.5. The topological polar surface area (TPSA) is 116 Å². The molecule has 3 heterocycles. The fraction of sp³-hybridized carbons (Fsp3) is 0.370. The van der Waals surface area contributed by atoms with Gasteiger partial charge in [0.1, 0.15) is 0 Å². The molecular formula is C27H29N5O5. The van der Waals surface area contributed by atoms with Gasteiger partial charge in [0.25, 0.3) is 5.69 Å². The molecule has 192 valence electrons. The first-order valence-corrected chi connectivity index (χ1v) is 12.4. The van der Waals surface area contributed by atoms with Crippen molar-refractivity contribution in [3.8, 4) is 0 Å². The van der Waals surface area contributed by atoms with Gasteiger partial charge in [-0.2, -0.15) is 0 Å². The second-order valence-corrected chi connectivity index (χ2v) is 10.0. The Morgan fingerprint density at radius 1 is 1.14 bits per heavy atom. The fourth-order valence-electron chi connectivity index (χ4n) is 5.73. The molecule has 0 aromatic heterocycles. The van der Waals surface area contributed by atoms with E-state index in [1.807, 2.05) is 41.3 Å². The van der Waals surface area contributed by atoms with Crippen LogP contribution in [0.2, 0.25) is 0 Å². The molecule has 10 heteroatoms. The molecule has 2 fully saturated rings. The number of benzene rings is 2. The van der Waals surface area contributed by atoms with Crippen LogP contribution in [-0.2, 0) is 16.0 Å². The summed E-state index contributed by atoms with van der Waals surface area (Å²) in [6, 6.07) is 12.8. The number of nitro groups is 1. The van der Waals surface area contributed by atoms with Crippen molar-refractivity contribution in [1.29, 1.82) is 0 Å². The second kappa shape index (κ2) is 9.44. The Balaban J connectivity index is 1.53. The highest BCUT2D eigenvalue weighted by Crippen LogP contribution is 2.46. The normalized spacial score (nSPS) is 24.0. The molecule has 1 N–H and O–H groups in total. The molecule has 10 nitrogen and oxygen atoms in total. The summed E-state index contributed by atoms with van der Waals surface area (Å²) < 4.78 is 0. The number of rotatable bonds is 5. The van der Waals surface area contributed by atoms with Gasteiger partial charge in [-0.15, -0.1) is 0 Å². The molecule has 2 aromatic carbocycles. The number of carbonyl (C=O) groups excluding carboxylic acids is 3. The zero-order chi connectivity index (χ0) is 26.3. The molecule has 0 radical (unpaired) electrons. The van der Waals surface area contributed by atoms with Gasteiger partial charge >= 0.3 is 6.03 Å². The van der Waals surface area contributed by atoms with Crippen molar-refractivity contribution < 1.29 is 19.3 Å². The van der Waals surface area contributed by atoms with E-state index in [1.165, 1.54) is 12.1 Å². The zero-order valence-corrected chi connectivity index (χ0v) is 20.8. The first-order chi connectivity index (χ1) is 17.7. The molecule has 2 aromatic rings. The minimum atomic E-state index is -1.58. The molecule has 0 aliphatic carbocycles. The molecule has 1 spiro atoms. The van der Waals surface area contributed by atoms with Crippen LogP contribution in [0.15, 0.2) is 54.6 Å². The number of fused-ring (bicyclic) bond motifs is 4. The predicted molar refractivity (Wildman–Crippen MR) is 138 cm³/mol. The smallest absolute Gasteiger partial charge is 0.331 e. The SMILES string of the molecule is CC(C)N1C(=O)NC(=O)C2(Cc3cc([N+](=O)[O-])ccc3N3CCN(CC=Cc4ccccc4)CC32)C1=O. The van der Waals surface area contributed by atoms with Gasteiger partial charge in [-0.05, 0) is 31.0 Å². The fourth-order valence-corrected chi connectivity index (χ4v) is 5.73. The highest BCUT2D eigenvalue weighted by atomic mass is 16.6. The Bertz CT molecular complexity index is 1290. The third kappa shape index (κ3) is 4.17. The Morgan fingerprint density at radius 2 is 1.89 bits per heavy atom. The number of hydrogen-bond acceptors (Lipinski definition) is 7. The van der Waals surface area contributed by atoms with Gasteiger partial charge in [0, 0.05) is 56.5 Å². The summed E-state index contributed by atoms with van der Waals surface area (Å²) in [5, 5.41) is 13.9. The number of nitrogens with zero attached hydrogens (tertiary/aromatic N) is 4. The Labute approximate surface area is 214 Å². The Morgan fingerprint density at radius 3 is 2.59 bits per heavy atom. The maximum atomic E-state index is 14.0. The summed E-state index contributed by atoms with van der Waals surface area (Å²) in [5.74, 6) is -1.20. The maximum absolute atomic E-state index is 14.0. The van der Waals surface area contributed by atoms with Crippen molar-refractivity contribution in [3.63, 3.8) is 0 Å². The van der Waals surface area contributed by atoms with Crippen LogP contribution in [0.1, 0.15) is 25.0 Å². The number of imide groups is 2. The minimum absolute atomic E-state index is 0.0138. The highest BCUT2D eigenvalue weighted by Gasteiger charge is 2.63. The van der Waals surface area contributed by atoms with E-state index in [0.717, 1.165) is 16.2 Å². The van der Waals surface area contributed by atoms with E-state index in [-0.39, 0.29) is 12.1 Å². The lowest BCUT2D eigenvalue weighted by molar-refractivity contribution is -0.384. The van der Waals surface area contributed by atoms with Gasteiger partial charge in [-0.1, -0.05) is 42.5 Å². The first-order valence-electron chi connectivity index (χ1n) is 12.4. The van der Waals surface area contributed by atoms with Crippen LogP contribution in [0.4, 0.5) is 16.2 Å². The van der Waals surface area contributed by atoms with Crippen LogP contribution < -0.4 is 10.2 Å². The third-order valence-electron chi connectivity index (χ3n) is 7.52. The number of non-ortho nitro benzene ring substituents is 1. The van der Waals surface area contributed by atoms with E-state index in [1.54, 1.807) is 19.9 Å². The van der Waals surface area contributed by atoms with Crippen molar-refractivity contribution in [2.45, 2.75) is 32.4 Å². The number of nitro benzene ring substituents is 1. The van der Waals surface area contributed by atoms with E-state index in [0.29, 0.717) is 31.7 Å². The van der Waals surface area contributed by atoms with Crippen LogP contribution in [-0.4, -0.2) is 70.8 Å². The average Bonchev–Trinajstić information content (AvgIpc) is 2.87. The molecule has 5 rings (SSSR count). The Hall–Kier alpha value is -4.05. The van der Waals surface area contributed by atoms with Crippen molar-refractivity contribution in [2.24, 2.45) is 5.41 Å². The number of nitrogens with one attached hydrogen (secondary N) is 1. The van der Waals surface area contributed by atoms with Gasteiger partial charge < -0.3 is 4.90 Å². The van der Waals surface area contributed by atoms with Crippen LogP contribution >= 0.6 is 0 Å². The summed E-state index contributed by atoms with van der Waals surface area (Å²) >= 11 is 0. The molecular weight excluding hydrogens is 474 g/mol. The van der Waals surface area contributed by atoms with E-state index in [2.05, 4.69) is 16.3 Å². The van der Waals surface area contributed by atoms with Crippen LogP contribution in [0, 0.1) is 15.5 Å². The van der Waals surface area contributed by atoms with Crippen molar-refractivity contribution in [3.05, 3.63) is 75.8 Å². The Kier molecular flexibility index (Phi) is 6.28. The zero-order valence-electron chi connectivity index (χ0n) is 20.8. The molecule has 2 atom stereocenters. The number of urea groups is 1. The predicted octanol–water partition coefficient (Wildman–Crippen LogP) is 2.83. The maximum Gasteiger partial charge on any atom is 0.331 e. The van der Waals surface area contributed by atoms with E-state index >= 15 is 0 Å². The molecule has 0 saturated carbocycles. The largest absolute Gasteiger partial charge is 0.364 e. The quantitative estimate of drug-likeness (QED) is 0.379. The summed E-state index contributed by atoms with van der Waals surface area (Å²) in [5.41, 5.74) is 0.748. The number of amides is 4. The molecule has 0 bridgehead atoms. The van der Waals surface area contributed by atoms with Crippen molar-refractivity contribution in [1.82, 2.24) is 15.1 Å². The lowest BCUT2D eigenvalue weighted by Gasteiger charge is -2.55. The number of hydrogen-bond donors (Lipinski definition) is 1. The second-order valence-electron chi connectivity index (χ2n) is 10.0. The van der Waals surface area contributed by atoms with Gasteiger partial charge in [0.2, 0.25) is 11.8 Å². The highest BCUT2D eigenvalue weighted by molar-refractivity contribution is 6.20. The molecule has 37 heavy (non-hydrogen) atoms. The van der Waals surface area contributed by atoms with E-state index < -0.39 is 40.3 Å². The van der Waals surface area contributed by atoms with Crippen molar-refractivity contribution in [2.75, 3.05) is 31.1 Å². The van der Waals surface area contributed by atoms with Crippen LogP contribution in [0.5, 0.6) is 0 Å². The molecule has 3 aliphatic rings. The molecule has 4 amide bonds. The summed E-state index contributed by atoms with van der Waals surface area (Å²) in [6.07, 6.45) is 4.08.